The number of rotatable bonds is 0. The van der Waals surface area contributed by atoms with E-state index in [1.165, 1.54) is 0 Å². The van der Waals surface area contributed by atoms with Crippen molar-refractivity contribution in [3.63, 3.8) is 0 Å². The van der Waals surface area contributed by atoms with E-state index in [9.17, 15) is 26.3 Å². The monoisotopic (exact) mass is 221 g/mol. The van der Waals surface area contributed by atoms with Crippen molar-refractivity contribution in [1.29, 1.82) is 0 Å². The normalized spacial score (nSPS) is 23.6. The van der Waals surface area contributed by atoms with Gasteiger partial charge in [0.1, 0.15) is 0 Å². The van der Waals surface area contributed by atoms with Gasteiger partial charge in [-0.2, -0.15) is 26.3 Å². The number of alkyl halides is 6. The second kappa shape index (κ2) is 3.29. The van der Waals surface area contributed by atoms with Gasteiger partial charge in [-0.1, -0.05) is 0 Å². The third kappa shape index (κ3) is 1.69. The molecule has 7 heteroatoms. The fourth-order valence-corrected chi connectivity index (χ4v) is 1.55. The second-order valence-corrected chi connectivity index (χ2v) is 3.36. The smallest absolute Gasteiger partial charge is 0.315 e. The largest absolute Gasteiger partial charge is 0.404 e. The highest BCUT2D eigenvalue weighted by Gasteiger charge is 2.70. The van der Waals surface area contributed by atoms with E-state index in [1.807, 2.05) is 0 Å². The Hall–Kier alpha value is -0.460. The van der Waals surface area contributed by atoms with Crippen molar-refractivity contribution in [2.45, 2.75) is 25.2 Å². The van der Waals surface area contributed by atoms with Gasteiger partial charge in [-0.05, 0) is 19.4 Å². The SMILES string of the molecule is FC(F)(F)C1(C(F)(F)F)CCCNC1. The molecular weight excluding hydrogens is 212 g/mol. The molecule has 0 spiro atoms. The summed E-state index contributed by atoms with van der Waals surface area (Å²) in [5.41, 5.74) is -3.56. The van der Waals surface area contributed by atoms with Gasteiger partial charge in [0.15, 0.2) is 5.41 Å². The maximum absolute atomic E-state index is 12.3. The van der Waals surface area contributed by atoms with E-state index < -0.39 is 30.7 Å². The van der Waals surface area contributed by atoms with Crippen LogP contribution in [0.4, 0.5) is 26.3 Å². The van der Waals surface area contributed by atoms with Gasteiger partial charge in [0.05, 0.1) is 0 Å². The molecule has 1 saturated heterocycles. The average molecular weight is 221 g/mol. The molecule has 1 aliphatic heterocycles. The van der Waals surface area contributed by atoms with Gasteiger partial charge in [0.25, 0.3) is 0 Å². The molecule has 0 unspecified atom stereocenters. The summed E-state index contributed by atoms with van der Waals surface area (Å²) in [6, 6.07) is 0. The van der Waals surface area contributed by atoms with E-state index in [4.69, 9.17) is 0 Å². The Labute approximate surface area is 76.5 Å². The Kier molecular flexibility index (Phi) is 2.73. The van der Waals surface area contributed by atoms with Crippen LogP contribution in [0.1, 0.15) is 12.8 Å². The Bertz CT molecular complexity index is 183. The molecule has 84 valence electrons. The summed E-state index contributed by atoms with van der Waals surface area (Å²) in [7, 11) is 0. The van der Waals surface area contributed by atoms with E-state index in [-0.39, 0.29) is 13.0 Å². The van der Waals surface area contributed by atoms with E-state index in [1.54, 1.807) is 0 Å². The summed E-state index contributed by atoms with van der Waals surface area (Å²) in [4.78, 5) is 0. The van der Waals surface area contributed by atoms with Crippen molar-refractivity contribution in [3.05, 3.63) is 0 Å². The van der Waals surface area contributed by atoms with Gasteiger partial charge < -0.3 is 5.32 Å². The molecule has 1 aliphatic rings. The maximum atomic E-state index is 12.3. The zero-order chi connectivity index (χ0) is 11.0. The van der Waals surface area contributed by atoms with Crippen molar-refractivity contribution in [3.8, 4) is 0 Å². The fraction of sp³-hybridized carbons (Fsp3) is 1.00. The van der Waals surface area contributed by atoms with E-state index >= 15 is 0 Å². The Morgan fingerprint density at radius 3 is 1.64 bits per heavy atom. The Morgan fingerprint density at radius 1 is 0.929 bits per heavy atom. The molecule has 14 heavy (non-hydrogen) atoms. The van der Waals surface area contributed by atoms with E-state index in [2.05, 4.69) is 5.32 Å². The van der Waals surface area contributed by atoms with Crippen molar-refractivity contribution in [2.75, 3.05) is 13.1 Å². The molecule has 0 aromatic rings. The van der Waals surface area contributed by atoms with Crippen LogP contribution in [0, 0.1) is 5.41 Å². The first kappa shape index (κ1) is 11.6. The zero-order valence-corrected chi connectivity index (χ0v) is 7.10. The fourth-order valence-electron chi connectivity index (χ4n) is 1.55. The van der Waals surface area contributed by atoms with Gasteiger partial charge in [0, 0.05) is 6.54 Å². The molecule has 1 fully saturated rings. The van der Waals surface area contributed by atoms with Gasteiger partial charge >= 0.3 is 12.4 Å². The molecule has 0 atom stereocenters. The first-order valence-electron chi connectivity index (χ1n) is 4.05. The zero-order valence-electron chi connectivity index (χ0n) is 7.10. The lowest BCUT2D eigenvalue weighted by Gasteiger charge is -2.40. The van der Waals surface area contributed by atoms with Gasteiger partial charge in [0.2, 0.25) is 0 Å². The van der Waals surface area contributed by atoms with E-state index in [0.29, 0.717) is 0 Å². The highest BCUT2D eigenvalue weighted by atomic mass is 19.4. The molecular formula is C7H9F6N. The molecule has 0 aromatic carbocycles. The topological polar surface area (TPSA) is 12.0 Å². The second-order valence-electron chi connectivity index (χ2n) is 3.36. The maximum Gasteiger partial charge on any atom is 0.404 e. The van der Waals surface area contributed by atoms with Crippen LogP contribution in [0.2, 0.25) is 0 Å². The molecule has 0 aromatic heterocycles. The number of hydrogen-bond acceptors (Lipinski definition) is 1. The van der Waals surface area contributed by atoms with Crippen LogP contribution in [0.5, 0.6) is 0 Å². The van der Waals surface area contributed by atoms with Crippen LogP contribution in [0.15, 0.2) is 0 Å². The minimum Gasteiger partial charge on any atom is -0.315 e. The number of nitrogens with one attached hydrogen (secondary N) is 1. The van der Waals surface area contributed by atoms with E-state index in [0.717, 1.165) is 0 Å². The number of piperidine rings is 1. The molecule has 0 saturated carbocycles. The lowest BCUT2D eigenvalue weighted by atomic mass is 9.79. The minimum atomic E-state index is -5.24. The number of halogens is 6. The molecule has 1 nitrogen and oxygen atoms in total. The summed E-state index contributed by atoms with van der Waals surface area (Å²) in [6.45, 7) is -0.867. The van der Waals surface area contributed by atoms with Gasteiger partial charge in [-0.25, -0.2) is 0 Å². The molecule has 1 N–H and O–H groups in total. The number of hydrogen-bond donors (Lipinski definition) is 1. The Morgan fingerprint density at radius 2 is 1.43 bits per heavy atom. The lowest BCUT2D eigenvalue weighted by molar-refractivity contribution is -0.344. The van der Waals surface area contributed by atoms with Crippen LogP contribution in [-0.2, 0) is 0 Å². The van der Waals surface area contributed by atoms with Crippen molar-refractivity contribution < 1.29 is 26.3 Å². The van der Waals surface area contributed by atoms with Crippen LogP contribution in [0.25, 0.3) is 0 Å². The predicted molar refractivity (Wildman–Crippen MR) is 36.6 cm³/mol. The summed E-state index contributed by atoms with van der Waals surface area (Å²) >= 11 is 0. The van der Waals surface area contributed by atoms with Crippen LogP contribution in [-0.4, -0.2) is 25.4 Å². The predicted octanol–water partition coefficient (Wildman–Crippen LogP) is 2.48. The highest BCUT2D eigenvalue weighted by Crippen LogP contribution is 2.53. The summed E-state index contributed by atoms with van der Waals surface area (Å²) in [5, 5.41) is 2.15. The third-order valence-corrected chi connectivity index (χ3v) is 2.47. The minimum absolute atomic E-state index is 0.112. The lowest BCUT2D eigenvalue weighted by Crippen LogP contribution is -2.58. The van der Waals surface area contributed by atoms with Crippen molar-refractivity contribution >= 4 is 0 Å². The van der Waals surface area contributed by atoms with Crippen LogP contribution >= 0.6 is 0 Å². The average Bonchev–Trinajstić information content (AvgIpc) is 2.02. The first-order valence-corrected chi connectivity index (χ1v) is 4.05. The molecule has 0 amide bonds. The van der Waals surface area contributed by atoms with Gasteiger partial charge in [-0.3, -0.25) is 0 Å². The summed E-state index contributed by atoms with van der Waals surface area (Å²) in [5.74, 6) is 0. The summed E-state index contributed by atoms with van der Waals surface area (Å²) in [6.07, 6.45) is -11.5. The molecule has 0 aliphatic carbocycles. The third-order valence-electron chi connectivity index (χ3n) is 2.47. The molecule has 0 bridgehead atoms. The first-order chi connectivity index (χ1) is 6.21. The van der Waals surface area contributed by atoms with Crippen LogP contribution < -0.4 is 5.32 Å². The quantitative estimate of drug-likeness (QED) is 0.619. The van der Waals surface area contributed by atoms with Crippen molar-refractivity contribution in [1.82, 2.24) is 5.32 Å². The highest BCUT2D eigenvalue weighted by molar-refractivity contribution is 4.97. The van der Waals surface area contributed by atoms with Gasteiger partial charge in [-0.15, -0.1) is 0 Å². The molecule has 0 radical (unpaired) electrons. The summed E-state index contributed by atoms with van der Waals surface area (Å²) < 4.78 is 74.0. The van der Waals surface area contributed by atoms with Crippen molar-refractivity contribution in [2.24, 2.45) is 5.41 Å². The molecule has 1 rings (SSSR count). The molecule has 1 heterocycles. The van der Waals surface area contributed by atoms with Crippen LogP contribution in [0.3, 0.4) is 0 Å². The standard InChI is InChI=1S/C7H9F6N/c8-6(9,10)5(7(11,12)13)2-1-3-14-4-5/h14H,1-4H2. The Balaban J connectivity index is 3.01.